The third-order valence-electron chi connectivity index (χ3n) is 3.53. The molecule has 2 aromatic rings. The van der Waals surface area contributed by atoms with Gasteiger partial charge in [0.25, 0.3) is 0 Å². The number of aromatic nitrogens is 3. The van der Waals surface area contributed by atoms with Gasteiger partial charge in [0.1, 0.15) is 0 Å². The monoisotopic (exact) mass is 246 g/mol. The first-order chi connectivity index (χ1) is 8.63. The first kappa shape index (κ1) is 12.9. The van der Waals surface area contributed by atoms with Crippen LogP contribution in [0.3, 0.4) is 0 Å². The van der Waals surface area contributed by atoms with Gasteiger partial charge in [-0.3, -0.25) is 4.68 Å². The Morgan fingerprint density at radius 1 is 1.28 bits per heavy atom. The maximum atomic E-state index is 4.43. The van der Waals surface area contributed by atoms with Crippen LogP contribution in [0.2, 0.25) is 0 Å². The molecule has 0 fully saturated rings. The summed E-state index contributed by atoms with van der Waals surface area (Å²) in [6.45, 7) is 9.15. The lowest BCUT2D eigenvalue weighted by Gasteiger charge is -2.08. The van der Waals surface area contributed by atoms with Crippen LogP contribution in [0.25, 0.3) is 0 Å². The van der Waals surface area contributed by atoms with E-state index in [1.165, 1.54) is 17.0 Å². The lowest BCUT2D eigenvalue weighted by atomic mass is 10.2. The maximum absolute atomic E-state index is 4.43. The van der Waals surface area contributed by atoms with Crippen LogP contribution in [0, 0.1) is 13.8 Å². The summed E-state index contributed by atoms with van der Waals surface area (Å²) in [5.41, 5.74) is 5.00. The zero-order valence-corrected chi connectivity index (χ0v) is 11.7. The summed E-state index contributed by atoms with van der Waals surface area (Å²) >= 11 is 0. The first-order valence-electron chi connectivity index (χ1n) is 6.47. The topological polar surface area (TPSA) is 34.8 Å². The summed E-state index contributed by atoms with van der Waals surface area (Å²) in [5.74, 6) is 0. The molecular formula is C14H22N4. The number of rotatable bonds is 5. The van der Waals surface area contributed by atoms with Gasteiger partial charge in [0.2, 0.25) is 0 Å². The van der Waals surface area contributed by atoms with Gasteiger partial charge < -0.3 is 9.88 Å². The molecule has 0 atom stereocenters. The highest BCUT2D eigenvalue weighted by Crippen LogP contribution is 2.11. The molecule has 4 heteroatoms. The van der Waals surface area contributed by atoms with Gasteiger partial charge >= 0.3 is 0 Å². The van der Waals surface area contributed by atoms with E-state index in [0.717, 1.165) is 25.3 Å². The quantitative estimate of drug-likeness (QED) is 0.877. The molecular weight excluding hydrogens is 224 g/mol. The van der Waals surface area contributed by atoms with Crippen molar-refractivity contribution in [2.75, 3.05) is 0 Å². The van der Waals surface area contributed by atoms with Gasteiger partial charge in [-0.1, -0.05) is 0 Å². The van der Waals surface area contributed by atoms with E-state index in [4.69, 9.17) is 0 Å². The van der Waals surface area contributed by atoms with Crippen LogP contribution in [0.5, 0.6) is 0 Å². The molecule has 2 rings (SSSR count). The van der Waals surface area contributed by atoms with E-state index in [9.17, 15) is 0 Å². The average molecular weight is 246 g/mol. The van der Waals surface area contributed by atoms with Crippen LogP contribution in [-0.4, -0.2) is 14.3 Å². The van der Waals surface area contributed by atoms with Gasteiger partial charge in [0.05, 0.1) is 5.69 Å². The molecule has 0 amide bonds. The third-order valence-corrected chi connectivity index (χ3v) is 3.53. The fourth-order valence-corrected chi connectivity index (χ4v) is 2.31. The van der Waals surface area contributed by atoms with Crippen LogP contribution in [0.4, 0.5) is 0 Å². The highest BCUT2D eigenvalue weighted by atomic mass is 15.3. The lowest BCUT2D eigenvalue weighted by molar-refractivity contribution is 0.625. The molecule has 0 radical (unpaired) electrons. The van der Waals surface area contributed by atoms with Crippen LogP contribution in [-0.2, 0) is 26.7 Å². The number of hydrogen-bond acceptors (Lipinski definition) is 2. The van der Waals surface area contributed by atoms with Gasteiger partial charge in [-0.15, -0.1) is 0 Å². The summed E-state index contributed by atoms with van der Waals surface area (Å²) in [4.78, 5) is 0. The second-order valence-corrected chi connectivity index (χ2v) is 4.66. The molecule has 0 spiro atoms. The minimum Gasteiger partial charge on any atom is -0.351 e. The van der Waals surface area contributed by atoms with Gasteiger partial charge in [0.15, 0.2) is 0 Å². The van der Waals surface area contributed by atoms with Crippen molar-refractivity contribution in [2.24, 2.45) is 7.05 Å². The van der Waals surface area contributed by atoms with Crippen molar-refractivity contribution in [1.29, 1.82) is 0 Å². The second kappa shape index (κ2) is 5.40. The lowest BCUT2D eigenvalue weighted by Crippen LogP contribution is -2.16. The van der Waals surface area contributed by atoms with Gasteiger partial charge in [-0.2, -0.15) is 5.10 Å². The molecule has 0 bridgehead atoms. The summed E-state index contributed by atoms with van der Waals surface area (Å²) in [6.07, 6.45) is 2.12. The summed E-state index contributed by atoms with van der Waals surface area (Å²) < 4.78 is 4.21. The van der Waals surface area contributed by atoms with Crippen molar-refractivity contribution < 1.29 is 0 Å². The molecule has 0 unspecified atom stereocenters. The largest absolute Gasteiger partial charge is 0.351 e. The van der Waals surface area contributed by atoms with E-state index < -0.39 is 0 Å². The Balaban J connectivity index is 1.96. The molecule has 18 heavy (non-hydrogen) atoms. The molecule has 2 aromatic heterocycles. The predicted octanol–water partition coefficient (Wildman–Crippen LogP) is 2.15. The molecule has 0 saturated heterocycles. The summed E-state index contributed by atoms with van der Waals surface area (Å²) in [7, 11) is 1.99. The molecule has 0 aliphatic rings. The van der Waals surface area contributed by atoms with E-state index in [1.807, 2.05) is 11.7 Å². The van der Waals surface area contributed by atoms with E-state index >= 15 is 0 Å². The van der Waals surface area contributed by atoms with Crippen molar-refractivity contribution >= 4 is 0 Å². The Kier molecular flexibility index (Phi) is 3.87. The fraction of sp³-hybridized carbons (Fsp3) is 0.500. The Bertz CT molecular complexity index is 522. The zero-order valence-electron chi connectivity index (χ0n) is 11.7. The number of nitrogens with zero attached hydrogens (tertiary/aromatic N) is 3. The molecule has 2 heterocycles. The summed E-state index contributed by atoms with van der Waals surface area (Å²) in [6, 6.07) is 4.26. The van der Waals surface area contributed by atoms with Crippen LogP contribution >= 0.6 is 0 Å². The normalized spacial score (nSPS) is 11.1. The van der Waals surface area contributed by atoms with Crippen LogP contribution in [0.15, 0.2) is 18.3 Å². The number of hydrogen-bond donors (Lipinski definition) is 1. The molecule has 0 aromatic carbocycles. The molecule has 0 aliphatic carbocycles. The predicted molar refractivity (Wildman–Crippen MR) is 73.3 cm³/mol. The van der Waals surface area contributed by atoms with E-state index in [0.29, 0.717) is 0 Å². The Morgan fingerprint density at radius 3 is 2.67 bits per heavy atom. The zero-order chi connectivity index (χ0) is 13.1. The van der Waals surface area contributed by atoms with Crippen LogP contribution in [0.1, 0.15) is 29.6 Å². The molecule has 0 saturated carbocycles. The van der Waals surface area contributed by atoms with Crippen molar-refractivity contribution in [3.05, 3.63) is 41.0 Å². The van der Waals surface area contributed by atoms with Crippen molar-refractivity contribution in [2.45, 2.75) is 40.4 Å². The highest BCUT2D eigenvalue weighted by molar-refractivity contribution is 5.24. The van der Waals surface area contributed by atoms with E-state index in [2.05, 4.69) is 54.1 Å². The maximum Gasteiger partial charge on any atom is 0.0641 e. The van der Waals surface area contributed by atoms with Crippen molar-refractivity contribution in [1.82, 2.24) is 19.7 Å². The highest BCUT2D eigenvalue weighted by Gasteiger charge is 2.08. The minimum atomic E-state index is 0.875. The Hall–Kier alpha value is -1.55. The second-order valence-electron chi connectivity index (χ2n) is 4.66. The average Bonchev–Trinajstić information content (AvgIpc) is 2.89. The van der Waals surface area contributed by atoms with Crippen molar-refractivity contribution in [3.63, 3.8) is 0 Å². The molecule has 0 aliphatic heterocycles. The number of nitrogens with one attached hydrogen (secondary N) is 1. The fourth-order valence-electron chi connectivity index (χ4n) is 2.31. The smallest absolute Gasteiger partial charge is 0.0641 e. The molecule has 1 N–H and O–H groups in total. The Labute approximate surface area is 109 Å². The number of aryl methyl sites for hydroxylation is 3. The Morgan fingerprint density at radius 2 is 2.06 bits per heavy atom. The SMILES string of the molecule is CCn1cccc1CNCc1c(C)nn(C)c1C. The van der Waals surface area contributed by atoms with Gasteiger partial charge in [0, 0.05) is 49.8 Å². The van der Waals surface area contributed by atoms with Crippen molar-refractivity contribution in [3.8, 4) is 0 Å². The van der Waals surface area contributed by atoms with Crippen LogP contribution < -0.4 is 5.32 Å². The molecule has 98 valence electrons. The standard InChI is InChI=1S/C14H22N4/c1-5-18-8-6-7-13(18)9-15-10-14-11(2)16-17(4)12(14)3/h6-8,15H,5,9-10H2,1-4H3. The van der Waals surface area contributed by atoms with Gasteiger partial charge in [-0.25, -0.2) is 0 Å². The van der Waals surface area contributed by atoms with E-state index in [-0.39, 0.29) is 0 Å². The minimum absolute atomic E-state index is 0.875. The first-order valence-corrected chi connectivity index (χ1v) is 6.47. The van der Waals surface area contributed by atoms with E-state index in [1.54, 1.807) is 0 Å². The third kappa shape index (κ3) is 2.48. The summed E-state index contributed by atoms with van der Waals surface area (Å²) in [5, 5.41) is 7.93. The van der Waals surface area contributed by atoms with Gasteiger partial charge in [-0.05, 0) is 32.9 Å². The molecule has 4 nitrogen and oxygen atoms in total.